The Kier molecular flexibility index (Phi) is 7.46. The number of benzene rings is 2. The third-order valence-corrected chi connectivity index (χ3v) is 8.27. The Morgan fingerprint density at radius 2 is 2.06 bits per heavy atom. The first-order chi connectivity index (χ1) is 17.1. The van der Waals surface area contributed by atoms with Gasteiger partial charge in [-0.3, -0.25) is 14.2 Å². The Morgan fingerprint density at radius 3 is 2.89 bits per heavy atom. The van der Waals surface area contributed by atoms with E-state index in [0.717, 1.165) is 29.5 Å². The van der Waals surface area contributed by atoms with E-state index in [1.165, 1.54) is 29.2 Å². The number of nitrogens with one attached hydrogen (secondary N) is 1. The van der Waals surface area contributed by atoms with Crippen LogP contribution in [0.1, 0.15) is 31.2 Å². The van der Waals surface area contributed by atoms with Crippen LogP contribution < -0.4 is 10.9 Å². The van der Waals surface area contributed by atoms with Gasteiger partial charge in [0.05, 0.1) is 11.6 Å². The van der Waals surface area contributed by atoms with Crippen LogP contribution >= 0.6 is 23.1 Å². The minimum atomic E-state index is -0.279. The van der Waals surface area contributed by atoms with Gasteiger partial charge in [0.15, 0.2) is 5.16 Å². The van der Waals surface area contributed by atoms with Gasteiger partial charge in [0.1, 0.15) is 10.5 Å². The van der Waals surface area contributed by atoms with Crippen molar-refractivity contribution in [3.8, 4) is 0 Å². The lowest BCUT2D eigenvalue weighted by molar-refractivity contribution is -0.121. The summed E-state index contributed by atoms with van der Waals surface area (Å²) < 4.78 is 23.0. The fourth-order valence-electron chi connectivity index (χ4n) is 4.24. The molecule has 182 valence electrons. The molecule has 0 aliphatic carbocycles. The zero-order valence-electron chi connectivity index (χ0n) is 19.2. The van der Waals surface area contributed by atoms with Crippen molar-refractivity contribution in [3.05, 3.63) is 70.3 Å². The first-order valence-electron chi connectivity index (χ1n) is 11.8. The highest BCUT2D eigenvalue weighted by Gasteiger charge is 2.18. The van der Waals surface area contributed by atoms with Gasteiger partial charge >= 0.3 is 0 Å². The molecule has 2 aromatic heterocycles. The lowest BCUT2D eigenvalue weighted by Gasteiger charge is -2.13. The van der Waals surface area contributed by atoms with E-state index in [0.29, 0.717) is 52.6 Å². The van der Waals surface area contributed by atoms with Gasteiger partial charge in [0.25, 0.3) is 5.56 Å². The van der Waals surface area contributed by atoms with Crippen molar-refractivity contribution in [1.29, 1.82) is 0 Å². The molecule has 1 saturated heterocycles. The lowest BCUT2D eigenvalue weighted by atomic mass is 10.2. The highest BCUT2D eigenvalue weighted by molar-refractivity contribution is 7.98. The molecule has 2 aromatic carbocycles. The van der Waals surface area contributed by atoms with Crippen LogP contribution in [0.4, 0.5) is 4.39 Å². The van der Waals surface area contributed by atoms with Crippen LogP contribution in [0.25, 0.3) is 20.3 Å². The molecular formula is C26H26FN3O3S2. The molecule has 1 N–H and O–H groups in total. The lowest BCUT2D eigenvalue weighted by Crippen LogP contribution is -2.32. The SMILES string of the molecule is O=C(CCCn1c(SCc2ccccc2F)nc2c(sc3ccccc32)c1=O)NC[C@@H]1CCCO1. The standard InChI is InChI=1S/C26H26FN3O3S2/c27-20-10-3-1-7-17(20)16-34-26-29-23-19-9-2-4-11-21(19)35-24(23)25(32)30(26)13-5-12-22(31)28-15-18-8-6-14-33-18/h1-4,7,9-11,18H,5-6,8,12-16H2,(H,28,31)/t18-/m0/s1. The van der Waals surface area contributed by atoms with Gasteiger partial charge < -0.3 is 10.1 Å². The van der Waals surface area contributed by atoms with Crippen molar-refractivity contribution in [3.63, 3.8) is 0 Å². The van der Waals surface area contributed by atoms with Gasteiger partial charge in [-0.15, -0.1) is 11.3 Å². The number of amides is 1. The molecular weight excluding hydrogens is 485 g/mol. The number of carbonyl (C=O) groups is 1. The van der Waals surface area contributed by atoms with E-state index in [1.54, 1.807) is 22.8 Å². The molecule has 1 fully saturated rings. The molecule has 5 rings (SSSR count). The van der Waals surface area contributed by atoms with Gasteiger partial charge in [0, 0.05) is 42.0 Å². The zero-order chi connectivity index (χ0) is 24.2. The van der Waals surface area contributed by atoms with E-state index >= 15 is 0 Å². The van der Waals surface area contributed by atoms with Crippen molar-refractivity contribution < 1.29 is 13.9 Å². The van der Waals surface area contributed by atoms with Gasteiger partial charge in [0.2, 0.25) is 5.91 Å². The van der Waals surface area contributed by atoms with Crippen LogP contribution in [-0.2, 0) is 21.8 Å². The molecule has 1 aliphatic heterocycles. The van der Waals surface area contributed by atoms with Gasteiger partial charge in [-0.1, -0.05) is 48.2 Å². The zero-order valence-corrected chi connectivity index (χ0v) is 20.8. The van der Waals surface area contributed by atoms with Crippen LogP contribution in [0.3, 0.4) is 0 Å². The molecule has 1 aliphatic rings. The van der Waals surface area contributed by atoms with E-state index in [2.05, 4.69) is 5.32 Å². The Bertz CT molecular complexity index is 1410. The largest absolute Gasteiger partial charge is 0.376 e. The maximum Gasteiger partial charge on any atom is 0.272 e. The molecule has 0 bridgehead atoms. The molecule has 9 heteroatoms. The number of thioether (sulfide) groups is 1. The highest BCUT2D eigenvalue weighted by Crippen LogP contribution is 2.32. The van der Waals surface area contributed by atoms with Gasteiger partial charge in [-0.05, 0) is 37.0 Å². The monoisotopic (exact) mass is 511 g/mol. The molecule has 1 amide bonds. The van der Waals surface area contributed by atoms with Gasteiger partial charge in [-0.25, -0.2) is 9.37 Å². The second kappa shape index (κ2) is 10.9. The number of hydrogen-bond acceptors (Lipinski definition) is 6. The maximum atomic E-state index is 14.2. The van der Waals surface area contributed by atoms with Crippen molar-refractivity contribution in [1.82, 2.24) is 14.9 Å². The Labute approximate surface area is 210 Å². The fraction of sp³-hybridized carbons (Fsp3) is 0.346. The quantitative estimate of drug-likeness (QED) is 0.250. The van der Waals surface area contributed by atoms with Crippen LogP contribution in [0.2, 0.25) is 0 Å². The second-order valence-corrected chi connectivity index (χ2v) is 10.5. The third-order valence-electron chi connectivity index (χ3n) is 6.10. The second-order valence-electron chi connectivity index (χ2n) is 8.55. The van der Waals surface area contributed by atoms with Crippen LogP contribution in [-0.4, -0.2) is 34.7 Å². The van der Waals surface area contributed by atoms with Crippen molar-refractivity contribution in [2.75, 3.05) is 13.2 Å². The number of aromatic nitrogens is 2. The summed E-state index contributed by atoms with van der Waals surface area (Å²) in [5.74, 6) is 0.0260. The number of hydrogen-bond donors (Lipinski definition) is 1. The Hall–Kier alpha value is -2.75. The van der Waals surface area contributed by atoms with Gasteiger partial charge in [-0.2, -0.15) is 0 Å². The summed E-state index contributed by atoms with van der Waals surface area (Å²) in [6.45, 7) is 1.64. The summed E-state index contributed by atoms with van der Waals surface area (Å²) >= 11 is 2.77. The molecule has 0 unspecified atom stereocenters. The summed E-state index contributed by atoms with van der Waals surface area (Å²) in [6.07, 6.45) is 2.91. The number of fused-ring (bicyclic) bond motifs is 3. The van der Waals surface area contributed by atoms with Crippen LogP contribution in [0, 0.1) is 5.82 Å². The molecule has 1 atom stereocenters. The average Bonchev–Trinajstić information content (AvgIpc) is 3.52. The molecule has 6 nitrogen and oxygen atoms in total. The first kappa shape index (κ1) is 24.0. The van der Waals surface area contributed by atoms with E-state index in [9.17, 15) is 14.0 Å². The normalized spacial score (nSPS) is 15.7. The number of ether oxygens (including phenoxy) is 1. The Balaban J connectivity index is 1.37. The van der Waals surface area contributed by atoms with Crippen LogP contribution in [0.15, 0.2) is 58.5 Å². The molecule has 3 heterocycles. The minimum Gasteiger partial charge on any atom is -0.376 e. The smallest absolute Gasteiger partial charge is 0.272 e. The summed E-state index contributed by atoms with van der Waals surface area (Å²) in [5.41, 5.74) is 1.12. The summed E-state index contributed by atoms with van der Waals surface area (Å²) in [7, 11) is 0. The number of carbonyl (C=O) groups excluding carboxylic acids is 1. The Morgan fingerprint density at radius 1 is 1.23 bits per heavy atom. The number of rotatable bonds is 9. The van der Waals surface area contributed by atoms with Crippen molar-refractivity contribution in [2.45, 2.75) is 49.2 Å². The van der Waals surface area contributed by atoms with Crippen LogP contribution in [0.5, 0.6) is 0 Å². The van der Waals surface area contributed by atoms with Crippen molar-refractivity contribution in [2.24, 2.45) is 0 Å². The predicted molar refractivity (Wildman–Crippen MR) is 139 cm³/mol. The van der Waals surface area contributed by atoms with E-state index in [4.69, 9.17) is 9.72 Å². The van der Waals surface area contributed by atoms with E-state index in [-0.39, 0.29) is 23.4 Å². The van der Waals surface area contributed by atoms with E-state index < -0.39 is 0 Å². The number of thiophene rings is 1. The minimum absolute atomic E-state index is 0.0509. The highest BCUT2D eigenvalue weighted by atomic mass is 32.2. The molecule has 4 aromatic rings. The summed E-state index contributed by atoms with van der Waals surface area (Å²) in [5, 5.41) is 4.41. The maximum absolute atomic E-state index is 14.2. The number of nitrogens with zero attached hydrogens (tertiary/aromatic N) is 2. The predicted octanol–water partition coefficient (Wildman–Crippen LogP) is 5.12. The van der Waals surface area contributed by atoms with Crippen molar-refractivity contribution >= 4 is 49.3 Å². The molecule has 0 radical (unpaired) electrons. The number of halogens is 1. The summed E-state index contributed by atoms with van der Waals surface area (Å²) in [6, 6.07) is 14.4. The molecule has 35 heavy (non-hydrogen) atoms. The summed E-state index contributed by atoms with van der Waals surface area (Å²) in [4.78, 5) is 30.7. The first-order valence-corrected chi connectivity index (χ1v) is 13.6. The topological polar surface area (TPSA) is 73.2 Å². The van der Waals surface area contributed by atoms with E-state index in [1.807, 2.05) is 24.3 Å². The molecule has 0 saturated carbocycles. The average molecular weight is 512 g/mol. The third kappa shape index (κ3) is 5.42. The molecule has 0 spiro atoms. The fourth-order valence-corrected chi connectivity index (χ4v) is 6.33.